The molecule has 1 N–H and O–H groups in total. The van der Waals surface area contributed by atoms with Crippen molar-refractivity contribution in [2.75, 3.05) is 11.9 Å². The van der Waals surface area contributed by atoms with E-state index < -0.39 is 11.2 Å². The number of carbonyl (C=O) groups excluding carboxylic acids is 2. The Morgan fingerprint density at radius 3 is 2.11 bits per heavy atom. The van der Waals surface area contributed by atoms with E-state index in [0.29, 0.717) is 31.5 Å². The zero-order valence-electron chi connectivity index (χ0n) is 23.9. The Balaban J connectivity index is 1.37. The van der Waals surface area contributed by atoms with Gasteiger partial charge in [0.25, 0.3) is 5.56 Å². The number of benzene rings is 3. The second kappa shape index (κ2) is 13.0. The van der Waals surface area contributed by atoms with Gasteiger partial charge in [0.05, 0.1) is 12.0 Å². The summed E-state index contributed by atoms with van der Waals surface area (Å²) in [7, 11) is 1.67. The van der Waals surface area contributed by atoms with E-state index in [1.165, 1.54) is 39.0 Å². The number of thioether (sulfide) groups is 1. The highest BCUT2D eigenvalue weighted by Gasteiger charge is 2.29. The molecule has 3 aromatic carbocycles. The van der Waals surface area contributed by atoms with Gasteiger partial charge in [-0.3, -0.25) is 14.2 Å². The number of rotatable bonds is 9. The molecule has 6 rings (SSSR count). The molecule has 3 aromatic heterocycles. The third kappa shape index (κ3) is 5.84. The molecule has 220 valence electrons. The molecule has 0 aliphatic heterocycles. The third-order valence-corrected chi connectivity index (χ3v) is 10.1. The van der Waals surface area contributed by atoms with E-state index in [9.17, 15) is 14.4 Å². The van der Waals surface area contributed by atoms with Gasteiger partial charge in [-0.05, 0) is 23.6 Å². The molecule has 0 bridgehead atoms. The Labute approximate surface area is 266 Å². The fraction of sp³-hybridized carbons (Fsp3) is 0.118. The Bertz CT molecular complexity index is 2000. The van der Waals surface area contributed by atoms with Crippen LogP contribution in [0.3, 0.4) is 0 Å². The summed E-state index contributed by atoms with van der Waals surface area (Å²) in [6.07, 6.45) is 0. The van der Waals surface area contributed by atoms with E-state index in [-0.39, 0.29) is 18.1 Å². The van der Waals surface area contributed by atoms with Crippen molar-refractivity contribution in [3.05, 3.63) is 123 Å². The van der Waals surface area contributed by atoms with Crippen LogP contribution < -0.4 is 10.9 Å². The van der Waals surface area contributed by atoms with Crippen molar-refractivity contribution in [3.8, 4) is 22.3 Å². The molecule has 0 aliphatic carbocycles. The van der Waals surface area contributed by atoms with Crippen LogP contribution in [0.4, 0.5) is 5.00 Å². The molecule has 0 saturated carbocycles. The van der Waals surface area contributed by atoms with Gasteiger partial charge in [-0.15, -0.1) is 22.7 Å². The van der Waals surface area contributed by atoms with Crippen molar-refractivity contribution in [2.24, 2.45) is 7.05 Å². The van der Waals surface area contributed by atoms with Gasteiger partial charge in [-0.1, -0.05) is 103 Å². The van der Waals surface area contributed by atoms with Crippen molar-refractivity contribution in [1.82, 2.24) is 9.55 Å². The summed E-state index contributed by atoms with van der Waals surface area (Å²) >= 11 is 3.86. The number of fused-ring (bicyclic) bond motifs is 1. The zero-order valence-corrected chi connectivity index (χ0v) is 26.3. The van der Waals surface area contributed by atoms with E-state index in [2.05, 4.69) is 5.32 Å². The summed E-state index contributed by atoms with van der Waals surface area (Å²) in [6, 6.07) is 28.6. The molecule has 1 amide bonds. The lowest BCUT2D eigenvalue weighted by atomic mass is 10.0. The monoisotopic (exact) mass is 637 g/mol. The standard InChI is InChI=1S/C34H27N3O4S3/c1-3-41-33(40)27-25(22-15-9-5-10-16-22)20-43-31(27)35-29(38)28(23-17-11-6-12-18-23)44-34-36-30-26(32(39)37(34)2)24(19-42-30)21-13-7-4-8-14-21/h4-20,28H,3H2,1-2H3,(H,35,38). The normalized spacial score (nSPS) is 11.8. The Hall–Kier alpha value is -4.51. The summed E-state index contributed by atoms with van der Waals surface area (Å²) in [4.78, 5) is 46.3. The van der Waals surface area contributed by atoms with Crippen LogP contribution in [0.2, 0.25) is 0 Å². The highest BCUT2D eigenvalue weighted by molar-refractivity contribution is 8.00. The maximum absolute atomic E-state index is 14.1. The van der Waals surface area contributed by atoms with E-state index in [1.807, 2.05) is 102 Å². The van der Waals surface area contributed by atoms with Crippen molar-refractivity contribution >= 4 is 61.5 Å². The largest absolute Gasteiger partial charge is 0.462 e. The maximum Gasteiger partial charge on any atom is 0.341 e. The van der Waals surface area contributed by atoms with Gasteiger partial charge in [0, 0.05) is 28.9 Å². The Kier molecular flexibility index (Phi) is 8.74. The highest BCUT2D eigenvalue weighted by Crippen LogP contribution is 2.40. The fourth-order valence-electron chi connectivity index (χ4n) is 4.86. The minimum Gasteiger partial charge on any atom is -0.462 e. The number of ether oxygens (including phenoxy) is 1. The van der Waals surface area contributed by atoms with Gasteiger partial charge in [-0.25, -0.2) is 9.78 Å². The fourth-order valence-corrected chi connectivity index (χ4v) is 7.87. The predicted molar refractivity (Wildman–Crippen MR) is 180 cm³/mol. The van der Waals surface area contributed by atoms with Crippen LogP contribution in [0, 0.1) is 0 Å². The van der Waals surface area contributed by atoms with Gasteiger partial charge in [0.1, 0.15) is 20.6 Å². The van der Waals surface area contributed by atoms with Gasteiger partial charge < -0.3 is 10.1 Å². The minimum absolute atomic E-state index is 0.180. The highest BCUT2D eigenvalue weighted by atomic mass is 32.2. The minimum atomic E-state index is -0.766. The van der Waals surface area contributed by atoms with Crippen molar-refractivity contribution < 1.29 is 14.3 Å². The van der Waals surface area contributed by atoms with E-state index in [4.69, 9.17) is 9.72 Å². The second-order valence-electron chi connectivity index (χ2n) is 9.79. The number of amides is 1. The van der Waals surface area contributed by atoms with Gasteiger partial charge in [0.2, 0.25) is 5.91 Å². The third-order valence-electron chi connectivity index (χ3n) is 7.01. The number of hydrogen-bond acceptors (Lipinski definition) is 8. The molecule has 0 saturated heterocycles. The summed E-state index contributed by atoms with van der Waals surface area (Å²) < 4.78 is 6.88. The first kappa shape index (κ1) is 29.6. The molecule has 3 heterocycles. The van der Waals surface area contributed by atoms with Crippen LogP contribution in [-0.2, 0) is 16.6 Å². The molecule has 1 unspecified atom stereocenters. The van der Waals surface area contributed by atoms with Crippen LogP contribution in [0.25, 0.3) is 32.5 Å². The zero-order chi connectivity index (χ0) is 30.6. The van der Waals surface area contributed by atoms with Crippen LogP contribution in [0.1, 0.15) is 28.1 Å². The number of esters is 1. The van der Waals surface area contributed by atoms with Crippen LogP contribution in [0.5, 0.6) is 0 Å². The lowest BCUT2D eigenvalue weighted by molar-refractivity contribution is -0.115. The van der Waals surface area contributed by atoms with Gasteiger partial charge in [0.15, 0.2) is 5.16 Å². The summed E-state index contributed by atoms with van der Waals surface area (Å²) in [5, 5.41) is 7.40. The molecule has 0 aliphatic rings. The first-order valence-electron chi connectivity index (χ1n) is 13.9. The molecular weight excluding hydrogens is 611 g/mol. The molecule has 6 aromatic rings. The van der Waals surface area contributed by atoms with Crippen LogP contribution in [0.15, 0.2) is 112 Å². The molecule has 0 spiro atoms. The van der Waals surface area contributed by atoms with Crippen molar-refractivity contribution in [2.45, 2.75) is 17.3 Å². The quantitative estimate of drug-likeness (QED) is 0.0981. The molecule has 44 heavy (non-hydrogen) atoms. The summed E-state index contributed by atoms with van der Waals surface area (Å²) in [5.74, 6) is -0.855. The first-order chi connectivity index (χ1) is 21.5. The smallest absolute Gasteiger partial charge is 0.341 e. The number of thiophene rings is 2. The lowest BCUT2D eigenvalue weighted by Crippen LogP contribution is -2.23. The molecule has 10 heteroatoms. The van der Waals surface area contributed by atoms with E-state index in [0.717, 1.165) is 22.3 Å². The average Bonchev–Trinajstić information content (AvgIpc) is 3.68. The van der Waals surface area contributed by atoms with E-state index >= 15 is 0 Å². The van der Waals surface area contributed by atoms with Crippen LogP contribution >= 0.6 is 34.4 Å². The second-order valence-corrected chi connectivity index (χ2v) is 12.6. The number of anilines is 1. The topological polar surface area (TPSA) is 90.3 Å². The Morgan fingerprint density at radius 1 is 0.886 bits per heavy atom. The average molecular weight is 638 g/mol. The SMILES string of the molecule is CCOC(=O)c1c(-c2ccccc2)csc1NC(=O)C(Sc1nc2scc(-c3ccccc3)c2c(=O)n1C)c1ccccc1. The van der Waals surface area contributed by atoms with Crippen molar-refractivity contribution in [3.63, 3.8) is 0 Å². The molecule has 0 radical (unpaired) electrons. The predicted octanol–water partition coefficient (Wildman–Crippen LogP) is 8.04. The van der Waals surface area contributed by atoms with Crippen molar-refractivity contribution in [1.29, 1.82) is 0 Å². The van der Waals surface area contributed by atoms with Gasteiger partial charge in [-0.2, -0.15) is 0 Å². The number of carbonyl (C=O) groups is 2. The number of nitrogens with zero attached hydrogens (tertiary/aromatic N) is 2. The molecular formula is C34H27N3O4S3. The Morgan fingerprint density at radius 2 is 1.48 bits per heavy atom. The molecule has 0 fully saturated rings. The molecule has 1 atom stereocenters. The molecule has 7 nitrogen and oxygen atoms in total. The number of aromatic nitrogens is 2. The van der Waals surface area contributed by atoms with Crippen LogP contribution in [-0.4, -0.2) is 28.0 Å². The maximum atomic E-state index is 14.1. The summed E-state index contributed by atoms with van der Waals surface area (Å²) in [6.45, 7) is 1.95. The van der Waals surface area contributed by atoms with Gasteiger partial charge >= 0.3 is 5.97 Å². The lowest BCUT2D eigenvalue weighted by Gasteiger charge is -2.18. The number of nitrogens with one attached hydrogen (secondary N) is 1. The number of hydrogen-bond donors (Lipinski definition) is 1. The summed E-state index contributed by atoms with van der Waals surface area (Å²) in [5.41, 5.74) is 4.19. The van der Waals surface area contributed by atoms with E-state index in [1.54, 1.807) is 14.0 Å². The first-order valence-corrected chi connectivity index (χ1v) is 16.5.